The number of quaternary nitrogens is 1. The first-order chi connectivity index (χ1) is 12.9. The lowest BCUT2D eigenvalue weighted by atomic mass is 10.2. The largest absolute Gasteiger partial charge is 0.495 e. The van der Waals surface area contributed by atoms with Crippen LogP contribution in [0.1, 0.15) is 46.0 Å². The minimum Gasteiger partial charge on any atom is -0.495 e. The quantitative estimate of drug-likeness (QED) is 0.660. The van der Waals surface area contributed by atoms with Gasteiger partial charge in [-0.1, -0.05) is 20.3 Å². The number of nitrogens with two attached hydrogens (primary N) is 1. The van der Waals surface area contributed by atoms with Crippen LogP contribution in [-0.4, -0.2) is 51.4 Å². The summed E-state index contributed by atoms with van der Waals surface area (Å²) in [4.78, 5) is 12.3. The van der Waals surface area contributed by atoms with Crippen molar-refractivity contribution >= 4 is 21.6 Å². The van der Waals surface area contributed by atoms with Crippen LogP contribution in [0.4, 0.5) is 5.69 Å². The molecule has 8 heteroatoms. The summed E-state index contributed by atoms with van der Waals surface area (Å²) in [5.41, 5.74) is 0.467. The van der Waals surface area contributed by atoms with Crippen molar-refractivity contribution in [3.05, 3.63) is 18.2 Å². The van der Waals surface area contributed by atoms with Crippen LogP contribution in [0.3, 0.4) is 0 Å². The first kappa shape index (κ1) is 21.7. The summed E-state index contributed by atoms with van der Waals surface area (Å²) in [5, 5.41) is 4.82. The maximum absolute atomic E-state index is 13.0. The molecule has 1 aromatic rings. The van der Waals surface area contributed by atoms with Gasteiger partial charge in [0.2, 0.25) is 10.0 Å². The van der Waals surface area contributed by atoms with Gasteiger partial charge < -0.3 is 15.4 Å². The topological polar surface area (TPSA) is 92.3 Å². The van der Waals surface area contributed by atoms with Crippen LogP contribution >= 0.6 is 0 Å². The predicted octanol–water partition coefficient (Wildman–Crippen LogP) is 1.56. The zero-order valence-corrected chi connectivity index (χ0v) is 17.3. The molecule has 7 nitrogen and oxygen atoms in total. The van der Waals surface area contributed by atoms with Gasteiger partial charge in [-0.25, -0.2) is 8.42 Å². The van der Waals surface area contributed by atoms with Crippen LogP contribution in [0.2, 0.25) is 0 Å². The highest BCUT2D eigenvalue weighted by molar-refractivity contribution is 7.89. The molecule has 1 aromatic carbocycles. The van der Waals surface area contributed by atoms with Crippen molar-refractivity contribution < 1.29 is 23.3 Å². The van der Waals surface area contributed by atoms with Crippen LogP contribution in [-0.2, 0) is 14.8 Å². The molecule has 152 valence electrons. The molecule has 1 amide bonds. The van der Waals surface area contributed by atoms with Crippen LogP contribution in [0.5, 0.6) is 5.75 Å². The van der Waals surface area contributed by atoms with E-state index in [1.807, 2.05) is 5.32 Å². The number of benzene rings is 1. The van der Waals surface area contributed by atoms with Crippen molar-refractivity contribution in [2.24, 2.45) is 0 Å². The highest BCUT2D eigenvalue weighted by Gasteiger charge is 2.29. The third-order valence-electron chi connectivity index (χ3n) is 5.07. The van der Waals surface area contributed by atoms with Gasteiger partial charge >= 0.3 is 0 Å². The van der Waals surface area contributed by atoms with E-state index in [0.29, 0.717) is 37.1 Å². The van der Waals surface area contributed by atoms with Gasteiger partial charge in [0.15, 0.2) is 6.54 Å². The summed E-state index contributed by atoms with van der Waals surface area (Å²) in [7, 11) is -2.20. The number of anilines is 1. The lowest BCUT2D eigenvalue weighted by molar-refractivity contribution is -0.679. The number of amides is 1. The second kappa shape index (κ2) is 10.1. The molecule has 1 heterocycles. The third kappa shape index (κ3) is 5.67. The van der Waals surface area contributed by atoms with Gasteiger partial charge in [-0.15, -0.1) is 0 Å². The first-order valence-corrected chi connectivity index (χ1v) is 11.2. The Morgan fingerprint density at radius 1 is 1.22 bits per heavy atom. The fourth-order valence-corrected chi connectivity index (χ4v) is 5.01. The van der Waals surface area contributed by atoms with E-state index in [2.05, 4.69) is 19.2 Å². The molecule has 0 aromatic heterocycles. The van der Waals surface area contributed by atoms with Gasteiger partial charge in [-0.05, 0) is 43.9 Å². The molecule has 0 aliphatic carbocycles. The van der Waals surface area contributed by atoms with Crippen molar-refractivity contribution in [3.8, 4) is 5.75 Å². The molecule has 0 unspecified atom stereocenters. The number of ether oxygens (including phenoxy) is 1. The minimum atomic E-state index is -3.65. The molecule has 3 N–H and O–H groups in total. The molecule has 1 aliphatic rings. The highest BCUT2D eigenvalue weighted by atomic mass is 32.2. The number of hydrogen-bond donors (Lipinski definition) is 2. The second-order valence-corrected chi connectivity index (χ2v) is 8.80. The molecule has 1 saturated heterocycles. The maximum atomic E-state index is 13.0. The molecule has 0 atom stereocenters. The molecular formula is C19H32N3O4S+. The van der Waals surface area contributed by atoms with E-state index in [9.17, 15) is 13.2 Å². The monoisotopic (exact) mass is 398 g/mol. The van der Waals surface area contributed by atoms with Crippen LogP contribution in [0.25, 0.3) is 0 Å². The molecule has 2 rings (SSSR count). The Morgan fingerprint density at radius 2 is 1.89 bits per heavy atom. The van der Waals surface area contributed by atoms with Gasteiger partial charge in [0, 0.05) is 18.8 Å². The fourth-order valence-electron chi connectivity index (χ4n) is 3.31. The number of methoxy groups -OCH3 is 1. The van der Waals surface area contributed by atoms with E-state index < -0.39 is 10.0 Å². The van der Waals surface area contributed by atoms with E-state index in [1.54, 1.807) is 12.1 Å². The Kier molecular flexibility index (Phi) is 8.07. The number of hydrogen-bond acceptors (Lipinski definition) is 4. The molecule has 0 saturated carbocycles. The molecule has 0 radical (unpaired) electrons. The maximum Gasteiger partial charge on any atom is 0.279 e. The standard InChI is InChI=1S/C19H31N3O4S/c1-4-15(5-2)20-14-19(23)21-16-9-10-17(26-3)18(13-16)27(24,25)22-11-7-6-8-12-22/h9-10,13,15,20H,4-8,11-12,14H2,1-3H3,(H,21,23)/p+1. The van der Waals surface area contributed by atoms with E-state index in [0.717, 1.165) is 32.1 Å². The number of nitrogens with zero attached hydrogens (tertiary/aromatic N) is 1. The Bertz CT molecular complexity index is 726. The normalized spacial score (nSPS) is 15.7. The Hall–Kier alpha value is -1.64. The van der Waals surface area contributed by atoms with E-state index in [1.165, 1.54) is 17.5 Å². The fraction of sp³-hybridized carbons (Fsp3) is 0.632. The number of rotatable bonds is 9. The Balaban J connectivity index is 2.16. The zero-order valence-electron chi connectivity index (χ0n) is 16.5. The number of carbonyl (C=O) groups is 1. The summed E-state index contributed by atoms with van der Waals surface area (Å²) in [6.07, 6.45) is 4.79. The molecule has 1 aliphatic heterocycles. The van der Waals surface area contributed by atoms with E-state index in [-0.39, 0.29) is 10.8 Å². The van der Waals surface area contributed by atoms with Crippen molar-refractivity contribution in [3.63, 3.8) is 0 Å². The van der Waals surface area contributed by atoms with Gasteiger partial charge in [-0.3, -0.25) is 4.79 Å². The van der Waals surface area contributed by atoms with Crippen molar-refractivity contribution in [1.82, 2.24) is 4.31 Å². The second-order valence-electron chi connectivity index (χ2n) is 6.89. The van der Waals surface area contributed by atoms with Gasteiger partial charge in [-0.2, -0.15) is 4.31 Å². The Labute approximate surface area is 162 Å². The average Bonchev–Trinajstić information content (AvgIpc) is 2.69. The zero-order chi connectivity index (χ0) is 19.9. The van der Waals surface area contributed by atoms with Gasteiger partial charge in [0.1, 0.15) is 10.6 Å². The number of carbonyl (C=O) groups excluding carboxylic acids is 1. The molecular weight excluding hydrogens is 366 g/mol. The SMILES string of the molecule is CCC(CC)[NH2+]CC(=O)Nc1ccc(OC)c(S(=O)(=O)N2CCCCC2)c1. The van der Waals surface area contributed by atoms with Crippen LogP contribution in [0, 0.1) is 0 Å². The van der Waals surface area contributed by atoms with Crippen LogP contribution in [0.15, 0.2) is 23.1 Å². The van der Waals surface area contributed by atoms with Crippen LogP contribution < -0.4 is 15.4 Å². The minimum absolute atomic E-state index is 0.105. The summed E-state index contributed by atoms with van der Waals surface area (Å²) in [6.45, 7) is 5.55. The van der Waals surface area contributed by atoms with Crippen molar-refractivity contribution in [2.75, 3.05) is 32.1 Å². The number of nitrogens with one attached hydrogen (secondary N) is 1. The summed E-state index contributed by atoms with van der Waals surface area (Å²) in [5.74, 6) is 0.149. The number of piperidine rings is 1. The van der Waals surface area contributed by atoms with Gasteiger partial charge in [0.05, 0.1) is 13.2 Å². The van der Waals surface area contributed by atoms with E-state index in [4.69, 9.17) is 4.74 Å². The summed E-state index contributed by atoms with van der Waals surface area (Å²) in [6, 6.07) is 5.18. The lowest BCUT2D eigenvalue weighted by Gasteiger charge is -2.26. The predicted molar refractivity (Wildman–Crippen MR) is 105 cm³/mol. The van der Waals surface area contributed by atoms with Gasteiger partial charge in [0.25, 0.3) is 5.91 Å². The molecule has 0 bridgehead atoms. The third-order valence-corrected chi connectivity index (χ3v) is 6.99. The lowest BCUT2D eigenvalue weighted by Crippen LogP contribution is -2.91. The van der Waals surface area contributed by atoms with E-state index >= 15 is 0 Å². The highest BCUT2D eigenvalue weighted by Crippen LogP contribution is 2.31. The molecule has 0 spiro atoms. The smallest absolute Gasteiger partial charge is 0.279 e. The molecule has 27 heavy (non-hydrogen) atoms. The summed E-state index contributed by atoms with van der Waals surface area (Å²) < 4.78 is 32.8. The van der Waals surface area contributed by atoms with Crippen molar-refractivity contribution in [2.45, 2.75) is 56.9 Å². The summed E-state index contributed by atoms with van der Waals surface area (Å²) >= 11 is 0. The Morgan fingerprint density at radius 3 is 2.48 bits per heavy atom. The average molecular weight is 399 g/mol. The molecule has 1 fully saturated rings. The number of sulfonamides is 1. The van der Waals surface area contributed by atoms with Crippen molar-refractivity contribution in [1.29, 1.82) is 0 Å². The first-order valence-electron chi connectivity index (χ1n) is 9.73.